The number of hydrogen-bond donors (Lipinski definition) is 2. The number of rotatable bonds is 8. The Kier molecular flexibility index (Phi) is 8.07. The molecule has 0 aromatic rings. The topological polar surface area (TPSA) is 44.4 Å². The smallest absolute Gasteiger partial charge is 0.219 e. The summed E-state index contributed by atoms with van der Waals surface area (Å²) in [7, 11) is 3.91. The average molecular weight is 269 g/mol. The Morgan fingerprint density at radius 3 is 2.53 bits per heavy atom. The van der Waals surface area contributed by atoms with Crippen LogP contribution in [0.25, 0.3) is 0 Å². The number of nitrogens with zero attached hydrogens (tertiary/aromatic N) is 1. The van der Waals surface area contributed by atoms with Crippen LogP contribution in [0.1, 0.15) is 51.9 Å². The van der Waals surface area contributed by atoms with Gasteiger partial charge in [-0.1, -0.05) is 6.92 Å². The largest absolute Gasteiger partial charge is 0.359 e. The molecule has 1 fully saturated rings. The fourth-order valence-corrected chi connectivity index (χ4v) is 2.87. The summed E-state index contributed by atoms with van der Waals surface area (Å²) >= 11 is 0. The third-order valence-corrected chi connectivity index (χ3v) is 4.20. The Bertz CT molecular complexity index is 250. The minimum atomic E-state index is 0.154. The van der Waals surface area contributed by atoms with E-state index in [9.17, 15) is 4.79 Å². The molecule has 0 aromatic carbocycles. The predicted octanol–water partition coefficient (Wildman–Crippen LogP) is 1.76. The van der Waals surface area contributed by atoms with Gasteiger partial charge in [0, 0.05) is 25.6 Å². The number of nitrogens with one attached hydrogen (secondary N) is 2. The Balaban J connectivity index is 2.14. The van der Waals surface area contributed by atoms with E-state index in [-0.39, 0.29) is 5.91 Å². The highest BCUT2D eigenvalue weighted by Gasteiger charge is 2.23. The van der Waals surface area contributed by atoms with Crippen molar-refractivity contribution in [3.63, 3.8) is 0 Å². The Morgan fingerprint density at radius 2 is 1.95 bits per heavy atom. The van der Waals surface area contributed by atoms with Crippen molar-refractivity contribution < 1.29 is 4.79 Å². The fourth-order valence-electron chi connectivity index (χ4n) is 2.87. The van der Waals surface area contributed by atoms with Gasteiger partial charge >= 0.3 is 0 Å². The van der Waals surface area contributed by atoms with Crippen LogP contribution in [0.5, 0.6) is 0 Å². The van der Waals surface area contributed by atoms with Gasteiger partial charge in [-0.3, -0.25) is 4.79 Å². The molecule has 1 amide bonds. The van der Waals surface area contributed by atoms with E-state index in [0.29, 0.717) is 12.5 Å². The van der Waals surface area contributed by atoms with Crippen molar-refractivity contribution in [2.75, 3.05) is 27.2 Å². The maximum atomic E-state index is 11.2. The summed E-state index contributed by atoms with van der Waals surface area (Å²) in [5.74, 6) is 0.154. The van der Waals surface area contributed by atoms with E-state index in [0.717, 1.165) is 25.6 Å². The van der Waals surface area contributed by atoms with Gasteiger partial charge in [0.2, 0.25) is 5.91 Å². The van der Waals surface area contributed by atoms with E-state index in [1.54, 1.807) is 7.05 Å². The quantitative estimate of drug-likeness (QED) is 0.706. The van der Waals surface area contributed by atoms with E-state index in [1.807, 2.05) is 0 Å². The van der Waals surface area contributed by atoms with Crippen molar-refractivity contribution in [2.24, 2.45) is 0 Å². The predicted molar refractivity (Wildman–Crippen MR) is 80.3 cm³/mol. The molecular weight excluding hydrogens is 238 g/mol. The van der Waals surface area contributed by atoms with Crippen molar-refractivity contribution in [1.82, 2.24) is 15.5 Å². The number of carbonyl (C=O) groups excluding carboxylic acids is 1. The van der Waals surface area contributed by atoms with E-state index in [1.165, 1.54) is 32.1 Å². The maximum Gasteiger partial charge on any atom is 0.219 e. The molecule has 0 radical (unpaired) electrons. The first-order valence-corrected chi connectivity index (χ1v) is 7.81. The molecule has 1 aliphatic rings. The normalized spacial score (nSPS) is 23.6. The third kappa shape index (κ3) is 6.39. The van der Waals surface area contributed by atoms with Gasteiger partial charge < -0.3 is 15.5 Å². The molecule has 0 bridgehead atoms. The lowest BCUT2D eigenvalue weighted by atomic mass is 9.90. The molecule has 4 nitrogen and oxygen atoms in total. The molecule has 1 saturated carbocycles. The van der Waals surface area contributed by atoms with Gasteiger partial charge in [0.25, 0.3) is 0 Å². The minimum absolute atomic E-state index is 0.154. The second-order valence-corrected chi connectivity index (χ2v) is 5.72. The number of carbonyl (C=O) groups is 1. The molecule has 0 aliphatic heterocycles. The van der Waals surface area contributed by atoms with Crippen LogP contribution >= 0.6 is 0 Å². The molecule has 0 atom stereocenters. The summed E-state index contributed by atoms with van der Waals surface area (Å²) in [4.78, 5) is 13.6. The maximum absolute atomic E-state index is 11.2. The van der Waals surface area contributed by atoms with Crippen LogP contribution in [-0.2, 0) is 4.79 Å². The number of hydrogen-bond acceptors (Lipinski definition) is 3. The van der Waals surface area contributed by atoms with Gasteiger partial charge in [-0.2, -0.15) is 0 Å². The van der Waals surface area contributed by atoms with Crippen molar-refractivity contribution in [3.8, 4) is 0 Å². The van der Waals surface area contributed by atoms with Crippen molar-refractivity contribution in [2.45, 2.75) is 64.0 Å². The van der Waals surface area contributed by atoms with Crippen LogP contribution in [0.3, 0.4) is 0 Å². The Hall–Kier alpha value is -0.610. The zero-order valence-corrected chi connectivity index (χ0v) is 12.9. The summed E-state index contributed by atoms with van der Waals surface area (Å²) in [5, 5.41) is 6.30. The second-order valence-electron chi connectivity index (χ2n) is 5.72. The van der Waals surface area contributed by atoms with Gasteiger partial charge in [0.05, 0.1) is 0 Å². The summed E-state index contributed by atoms with van der Waals surface area (Å²) in [6.45, 7) is 4.40. The minimum Gasteiger partial charge on any atom is -0.359 e. The lowest BCUT2D eigenvalue weighted by molar-refractivity contribution is -0.120. The lowest BCUT2D eigenvalue weighted by Gasteiger charge is -2.35. The van der Waals surface area contributed by atoms with Crippen LogP contribution < -0.4 is 10.6 Å². The molecule has 0 aromatic heterocycles. The molecular formula is C15H31N3O. The van der Waals surface area contributed by atoms with Crippen LogP contribution in [0, 0.1) is 0 Å². The first-order chi connectivity index (χ1) is 9.17. The van der Waals surface area contributed by atoms with E-state index in [4.69, 9.17) is 0 Å². The molecule has 0 heterocycles. The molecule has 4 heteroatoms. The monoisotopic (exact) mass is 269 g/mol. The van der Waals surface area contributed by atoms with Crippen molar-refractivity contribution >= 4 is 5.91 Å². The standard InChI is InChI=1S/C15H31N3O/c1-4-11-17-13-7-9-14(10-8-13)18(3)12-5-6-15(19)16-2/h13-14,17H,4-12H2,1-3H3,(H,16,19). The number of amides is 1. The zero-order chi connectivity index (χ0) is 14.1. The van der Waals surface area contributed by atoms with Gasteiger partial charge in [0.15, 0.2) is 0 Å². The van der Waals surface area contributed by atoms with Crippen molar-refractivity contribution in [1.29, 1.82) is 0 Å². The van der Waals surface area contributed by atoms with Crippen LogP contribution in [0.2, 0.25) is 0 Å². The van der Waals surface area contributed by atoms with Gasteiger partial charge in [0.1, 0.15) is 0 Å². The summed E-state index contributed by atoms with van der Waals surface area (Å²) in [6.07, 6.45) is 8.00. The second kappa shape index (κ2) is 9.32. The highest BCUT2D eigenvalue weighted by Crippen LogP contribution is 2.22. The van der Waals surface area contributed by atoms with E-state index >= 15 is 0 Å². The first kappa shape index (κ1) is 16.4. The van der Waals surface area contributed by atoms with Crippen molar-refractivity contribution in [3.05, 3.63) is 0 Å². The van der Waals surface area contributed by atoms with Crippen LogP contribution in [-0.4, -0.2) is 50.1 Å². The molecule has 1 rings (SSSR count). The van der Waals surface area contributed by atoms with Gasteiger partial charge in [-0.15, -0.1) is 0 Å². The van der Waals surface area contributed by atoms with Gasteiger partial charge in [-0.25, -0.2) is 0 Å². The fraction of sp³-hybridized carbons (Fsp3) is 0.933. The molecule has 19 heavy (non-hydrogen) atoms. The Morgan fingerprint density at radius 1 is 1.26 bits per heavy atom. The van der Waals surface area contributed by atoms with Crippen LogP contribution in [0.4, 0.5) is 0 Å². The summed E-state index contributed by atoms with van der Waals surface area (Å²) in [5.41, 5.74) is 0. The molecule has 0 spiro atoms. The summed E-state index contributed by atoms with van der Waals surface area (Å²) < 4.78 is 0. The Labute approximate surface area is 118 Å². The molecule has 0 saturated heterocycles. The molecule has 1 aliphatic carbocycles. The van der Waals surface area contributed by atoms with E-state index in [2.05, 4.69) is 29.5 Å². The SMILES string of the molecule is CCCNC1CCC(N(C)CCCC(=O)NC)CC1. The first-order valence-electron chi connectivity index (χ1n) is 7.81. The molecule has 112 valence electrons. The average Bonchev–Trinajstić information content (AvgIpc) is 2.45. The molecule has 0 unspecified atom stereocenters. The van der Waals surface area contributed by atoms with Gasteiger partial charge in [-0.05, 0) is 58.7 Å². The highest BCUT2D eigenvalue weighted by molar-refractivity contribution is 5.75. The highest BCUT2D eigenvalue weighted by atomic mass is 16.1. The van der Waals surface area contributed by atoms with Crippen LogP contribution in [0.15, 0.2) is 0 Å². The lowest BCUT2D eigenvalue weighted by Crippen LogP contribution is -2.41. The summed E-state index contributed by atoms with van der Waals surface area (Å²) in [6, 6.07) is 1.44. The zero-order valence-electron chi connectivity index (χ0n) is 12.9. The van der Waals surface area contributed by atoms with E-state index < -0.39 is 0 Å². The third-order valence-electron chi connectivity index (χ3n) is 4.20. The molecule has 2 N–H and O–H groups in total.